The van der Waals surface area contributed by atoms with Crippen molar-refractivity contribution in [1.82, 2.24) is 5.32 Å². The number of allylic oxidation sites excluding steroid dienone is 3. The number of benzene rings is 1. The van der Waals surface area contributed by atoms with Crippen molar-refractivity contribution >= 4 is 0 Å². The Morgan fingerprint density at radius 1 is 1.18 bits per heavy atom. The fourth-order valence-electron chi connectivity index (χ4n) is 2.85. The molecule has 2 atom stereocenters. The van der Waals surface area contributed by atoms with E-state index in [4.69, 9.17) is 0 Å². The van der Waals surface area contributed by atoms with Crippen LogP contribution in [0.15, 0.2) is 48.6 Å². The fourth-order valence-corrected chi connectivity index (χ4v) is 2.85. The van der Waals surface area contributed by atoms with Crippen LogP contribution in [0.25, 0.3) is 0 Å². The Morgan fingerprint density at radius 2 is 2.12 bits per heavy atom. The average molecular weight is 225 g/mol. The molecule has 1 N–H and O–H groups in total. The van der Waals surface area contributed by atoms with Crippen LogP contribution in [0.1, 0.15) is 30.0 Å². The Labute approximate surface area is 103 Å². The van der Waals surface area contributed by atoms with Gasteiger partial charge in [-0.15, -0.1) is 0 Å². The van der Waals surface area contributed by atoms with Crippen molar-refractivity contribution in [2.24, 2.45) is 5.92 Å². The molecular formula is C16H19N. The maximum absolute atomic E-state index is 3.72. The van der Waals surface area contributed by atoms with Crippen LogP contribution in [-0.4, -0.2) is 6.54 Å². The zero-order valence-corrected chi connectivity index (χ0v) is 10.1. The molecule has 0 saturated carbocycles. The van der Waals surface area contributed by atoms with Gasteiger partial charge in [0.05, 0.1) is 0 Å². The highest BCUT2D eigenvalue weighted by Crippen LogP contribution is 2.30. The molecule has 3 rings (SSSR count). The number of nitrogens with one attached hydrogen (secondary N) is 1. The quantitative estimate of drug-likeness (QED) is 0.831. The van der Waals surface area contributed by atoms with Gasteiger partial charge in [-0.05, 0) is 36.3 Å². The smallest absolute Gasteiger partial charge is 0.0326 e. The van der Waals surface area contributed by atoms with Gasteiger partial charge in [-0.25, -0.2) is 0 Å². The van der Waals surface area contributed by atoms with Crippen molar-refractivity contribution in [3.05, 3.63) is 59.7 Å². The average Bonchev–Trinajstić information content (AvgIpc) is 2.81. The van der Waals surface area contributed by atoms with E-state index >= 15 is 0 Å². The van der Waals surface area contributed by atoms with E-state index in [9.17, 15) is 0 Å². The zero-order valence-electron chi connectivity index (χ0n) is 10.1. The minimum Gasteiger partial charge on any atom is -0.309 e. The zero-order chi connectivity index (χ0) is 11.5. The Balaban J connectivity index is 1.60. The second kappa shape index (κ2) is 4.89. The van der Waals surface area contributed by atoms with Crippen molar-refractivity contribution in [3.8, 4) is 0 Å². The predicted octanol–water partition coefficient (Wildman–Crippen LogP) is 3.40. The second-order valence-electron chi connectivity index (χ2n) is 5.01. The van der Waals surface area contributed by atoms with Gasteiger partial charge in [0, 0.05) is 12.6 Å². The molecule has 88 valence electrons. The standard InChI is InChI=1S/C16H19N/c1-2-6-13(7-3-1)12-17-16-11-10-14-8-4-5-9-15(14)16/h1-6,8-9,13,16-17H,7,10-12H2. The summed E-state index contributed by atoms with van der Waals surface area (Å²) in [5.74, 6) is 0.674. The van der Waals surface area contributed by atoms with E-state index in [1.807, 2.05) is 0 Å². The van der Waals surface area contributed by atoms with E-state index in [0.717, 1.165) is 6.54 Å². The van der Waals surface area contributed by atoms with Crippen LogP contribution in [0.5, 0.6) is 0 Å². The lowest BCUT2D eigenvalue weighted by Crippen LogP contribution is -2.25. The van der Waals surface area contributed by atoms with Gasteiger partial charge in [0.2, 0.25) is 0 Å². The molecule has 17 heavy (non-hydrogen) atoms. The van der Waals surface area contributed by atoms with E-state index in [2.05, 4.69) is 53.9 Å². The van der Waals surface area contributed by atoms with Crippen molar-refractivity contribution in [2.75, 3.05) is 6.54 Å². The van der Waals surface area contributed by atoms with Gasteiger partial charge in [0.15, 0.2) is 0 Å². The number of hydrogen-bond acceptors (Lipinski definition) is 1. The SMILES string of the molecule is C1=CCC(CNC2CCc3ccccc32)C=C1. The molecule has 1 heteroatoms. The first kappa shape index (κ1) is 10.8. The van der Waals surface area contributed by atoms with Crippen LogP contribution in [0, 0.1) is 5.92 Å². The van der Waals surface area contributed by atoms with Crippen molar-refractivity contribution in [1.29, 1.82) is 0 Å². The first-order valence-corrected chi connectivity index (χ1v) is 6.58. The first-order valence-electron chi connectivity index (χ1n) is 6.58. The molecule has 0 aromatic heterocycles. The van der Waals surface area contributed by atoms with E-state index < -0.39 is 0 Å². The van der Waals surface area contributed by atoms with E-state index in [1.165, 1.54) is 30.4 Å². The van der Waals surface area contributed by atoms with Crippen LogP contribution >= 0.6 is 0 Å². The Bertz CT molecular complexity index is 445. The highest BCUT2D eigenvalue weighted by Gasteiger charge is 2.21. The largest absolute Gasteiger partial charge is 0.309 e. The number of rotatable bonds is 3. The number of hydrogen-bond donors (Lipinski definition) is 1. The molecule has 0 aliphatic heterocycles. The molecule has 0 fully saturated rings. The maximum atomic E-state index is 3.72. The first-order chi connectivity index (χ1) is 8.43. The Hall–Kier alpha value is -1.34. The summed E-state index contributed by atoms with van der Waals surface area (Å²) in [5.41, 5.74) is 3.05. The molecule has 0 bridgehead atoms. The molecule has 2 aliphatic rings. The van der Waals surface area contributed by atoms with Crippen LogP contribution in [-0.2, 0) is 6.42 Å². The highest BCUT2D eigenvalue weighted by atomic mass is 14.9. The molecule has 2 aliphatic carbocycles. The monoisotopic (exact) mass is 225 g/mol. The van der Waals surface area contributed by atoms with Crippen LogP contribution in [0.4, 0.5) is 0 Å². The molecule has 1 nitrogen and oxygen atoms in total. The lowest BCUT2D eigenvalue weighted by molar-refractivity contribution is 0.477. The van der Waals surface area contributed by atoms with E-state index in [-0.39, 0.29) is 0 Å². The minimum atomic E-state index is 0.575. The maximum Gasteiger partial charge on any atom is 0.0326 e. The number of fused-ring (bicyclic) bond motifs is 1. The molecule has 0 amide bonds. The molecule has 2 unspecified atom stereocenters. The van der Waals surface area contributed by atoms with Gasteiger partial charge < -0.3 is 5.32 Å². The molecule has 1 aromatic carbocycles. The van der Waals surface area contributed by atoms with Gasteiger partial charge in [-0.3, -0.25) is 0 Å². The molecule has 0 radical (unpaired) electrons. The van der Waals surface area contributed by atoms with Crippen LogP contribution in [0.2, 0.25) is 0 Å². The summed E-state index contributed by atoms with van der Waals surface area (Å²) in [4.78, 5) is 0. The lowest BCUT2D eigenvalue weighted by atomic mass is 10.00. The molecule has 0 saturated heterocycles. The Kier molecular flexibility index (Phi) is 3.10. The predicted molar refractivity (Wildman–Crippen MR) is 71.9 cm³/mol. The van der Waals surface area contributed by atoms with Gasteiger partial charge in [-0.2, -0.15) is 0 Å². The topological polar surface area (TPSA) is 12.0 Å². The van der Waals surface area contributed by atoms with Crippen molar-refractivity contribution in [3.63, 3.8) is 0 Å². The van der Waals surface area contributed by atoms with Gasteiger partial charge in [0.25, 0.3) is 0 Å². The molecular weight excluding hydrogens is 206 g/mol. The summed E-state index contributed by atoms with van der Waals surface area (Å²) in [5, 5.41) is 3.72. The summed E-state index contributed by atoms with van der Waals surface area (Å²) >= 11 is 0. The third-order valence-corrected chi connectivity index (χ3v) is 3.83. The minimum absolute atomic E-state index is 0.575. The van der Waals surface area contributed by atoms with Gasteiger partial charge in [0.1, 0.15) is 0 Å². The summed E-state index contributed by atoms with van der Waals surface area (Å²) in [7, 11) is 0. The molecule has 0 spiro atoms. The summed E-state index contributed by atoms with van der Waals surface area (Å²) in [6.45, 7) is 1.10. The number of aryl methyl sites for hydroxylation is 1. The lowest BCUT2D eigenvalue weighted by Gasteiger charge is -2.19. The third kappa shape index (κ3) is 2.34. The van der Waals surface area contributed by atoms with Crippen molar-refractivity contribution in [2.45, 2.75) is 25.3 Å². The van der Waals surface area contributed by atoms with Crippen LogP contribution < -0.4 is 5.32 Å². The second-order valence-corrected chi connectivity index (χ2v) is 5.01. The fraction of sp³-hybridized carbons (Fsp3) is 0.375. The molecule has 0 heterocycles. The molecule has 1 aromatic rings. The summed E-state index contributed by atoms with van der Waals surface area (Å²) in [6.07, 6.45) is 12.5. The van der Waals surface area contributed by atoms with E-state index in [1.54, 1.807) is 0 Å². The third-order valence-electron chi connectivity index (χ3n) is 3.83. The van der Waals surface area contributed by atoms with Gasteiger partial charge in [-0.1, -0.05) is 48.6 Å². The van der Waals surface area contributed by atoms with Crippen molar-refractivity contribution < 1.29 is 0 Å². The summed E-state index contributed by atoms with van der Waals surface area (Å²) in [6, 6.07) is 9.42. The highest BCUT2D eigenvalue weighted by molar-refractivity contribution is 5.34. The normalized spacial score (nSPS) is 26.1. The van der Waals surface area contributed by atoms with Crippen LogP contribution in [0.3, 0.4) is 0 Å². The summed E-state index contributed by atoms with van der Waals surface area (Å²) < 4.78 is 0. The Morgan fingerprint density at radius 3 is 3.00 bits per heavy atom. The van der Waals surface area contributed by atoms with Gasteiger partial charge >= 0.3 is 0 Å². The van der Waals surface area contributed by atoms with E-state index in [0.29, 0.717) is 12.0 Å².